The van der Waals surface area contributed by atoms with E-state index in [0.29, 0.717) is 0 Å². The summed E-state index contributed by atoms with van der Waals surface area (Å²) in [7, 11) is 0. The number of hydrogen-bond acceptors (Lipinski definition) is 2. The van der Waals surface area contributed by atoms with Gasteiger partial charge in [-0.3, -0.25) is 4.79 Å². The minimum atomic E-state index is -5.26. The van der Waals surface area contributed by atoms with Gasteiger partial charge in [0.05, 0.1) is 0 Å². The van der Waals surface area contributed by atoms with Crippen LogP contribution in [0.4, 0.5) is 17.6 Å². The average molecular weight is 362 g/mol. The van der Waals surface area contributed by atoms with Crippen molar-refractivity contribution in [1.29, 1.82) is 0 Å². The lowest BCUT2D eigenvalue weighted by molar-refractivity contribution is -0.257. The molecule has 1 atom stereocenters. The number of aliphatic hydroxyl groups is 1. The molecule has 0 aromatic heterocycles. The molecule has 0 bridgehead atoms. The third-order valence-electron chi connectivity index (χ3n) is 3.38. The Hall–Kier alpha value is -2.12. The second kappa shape index (κ2) is 6.78. The van der Waals surface area contributed by atoms with Gasteiger partial charge in [0.2, 0.25) is 0 Å². The van der Waals surface area contributed by atoms with Gasteiger partial charge in [0.1, 0.15) is 5.82 Å². The minimum absolute atomic E-state index is 0.103. The third-order valence-corrected chi connectivity index (χ3v) is 3.61. The summed E-state index contributed by atoms with van der Waals surface area (Å²) in [5.74, 6) is -2.45. The van der Waals surface area contributed by atoms with Crippen molar-refractivity contribution in [1.82, 2.24) is 5.32 Å². The first-order chi connectivity index (χ1) is 11.2. The van der Waals surface area contributed by atoms with E-state index in [9.17, 15) is 27.5 Å². The highest BCUT2D eigenvalue weighted by atomic mass is 35.5. The number of carbonyl (C=O) groups is 1. The van der Waals surface area contributed by atoms with Gasteiger partial charge in [-0.1, -0.05) is 41.9 Å². The SMILES string of the molecule is O=C(NCc1cc(Cl)ccc1F)[C@@](O)(c1ccccc1)C(F)(F)F. The van der Waals surface area contributed by atoms with Crippen LogP contribution in [0.2, 0.25) is 5.02 Å². The maximum atomic E-state index is 13.6. The summed E-state index contributed by atoms with van der Waals surface area (Å²) in [6.45, 7) is -0.559. The van der Waals surface area contributed by atoms with Crippen LogP contribution >= 0.6 is 11.6 Å². The summed E-state index contributed by atoms with van der Waals surface area (Å²) < 4.78 is 53.5. The zero-order valence-corrected chi connectivity index (χ0v) is 12.8. The Labute approximate surface area is 139 Å². The molecule has 0 radical (unpaired) electrons. The van der Waals surface area contributed by atoms with E-state index in [1.165, 1.54) is 30.3 Å². The fourth-order valence-corrected chi connectivity index (χ4v) is 2.28. The van der Waals surface area contributed by atoms with Gasteiger partial charge in [-0.15, -0.1) is 0 Å². The largest absolute Gasteiger partial charge is 0.430 e. The highest BCUT2D eigenvalue weighted by Crippen LogP contribution is 2.39. The third kappa shape index (κ3) is 3.52. The Kier molecular flexibility index (Phi) is 5.15. The van der Waals surface area contributed by atoms with Crippen molar-refractivity contribution in [2.75, 3.05) is 0 Å². The molecule has 0 spiro atoms. The molecule has 1 amide bonds. The Bertz CT molecular complexity index is 737. The Morgan fingerprint density at radius 1 is 1.12 bits per heavy atom. The van der Waals surface area contributed by atoms with Gasteiger partial charge in [0.25, 0.3) is 11.5 Å². The number of benzene rings is 2. The second-order valence-electron chi connectivity index (χ2n) is 4.99. The molecule has 2 N–H and O–H groups in total. The molecule has 0 aliphatic heterocycles. The van der Waals surface area contributed by atoms with E-state index in [4.69, 9.17) is 11.6 Å². The summed E-state index contributed by atoms with van der Waals surface area (Å²) >= 11 is 5.68. The van der Waals surface area contributed by atoms with E-state index in [1.54, 1.807) is 0 Å². The molecule has 24 heavy (non-hydrogen) atoms. The van der Waals surface area contributed by atoms with Crippen molar-refractivity contribution >= 4 is 17.5 Å². The number of hydrogen-bond donors (Lipinski definition) is 2. The van der Waals surface area contributed by atoms with Crippen LogP contribution in [0.15, 0.2) is 48.5 Å². The number of carbonyl (C=O) groups excluding carboxylic acids is 1. The summed E-state index contributed by atoms with van der Waals surface area (Å²) in [5.41, 5.74) is -4.49. The number of rotatable bonds is 4. The van der Waals surface area contributed by atoms with Gasteiger partial charge >= 0.3 is 6.18 Å². The summed E-state index contributed by atoms with van der Waals surface area (Å²) in [4.78, 5) is 12.0. The van der Waals surface area contributed by atoms with Crippen molar-refractivity contribution in [2.45, 2.75) is 18.3 Å². The molecule has 0 unspecified atom stereocenters. The van der Waals surface area contributed by atoms with E-state index < -0.39 is 35.6 Å². The van der Waals surface area contributed by atoms with Gasteiger partial charge in [0, 0.05) is 22.7 Å². The van der Waals surface area contributed by atoms with Crippen LogP contribution in [-0.2, 0) is 16.9 Å². The first-order valence-corrected chi connectivity index (χ1v) is 7.11. The van der Waals surface area contributed by atoms with E-state index >= 15 is 0 Å². The summed E-state index contributed by atoms with van der Waals surface area (Å²) in [5, 5.41) is 12.1. The van der Waals surface area contributed by atoms with Crippen molar-refractivity contribution < 1.29 is 27.5 Å². The lowest BCUT2D eigenvalue weighted by atomic mass is 9.92. The predicted molar refractivity (Wildman–Crippen MR) is 79.7 cm³/mol. The molecule has 2 aromatic carbocycles. The maximum Gasteiger partial charge on any atom is 0.430 e. The molecule has 128 valence electrons. The Morgan fingerprint density at radius 2 is 1.75 bits per heavy atom. The standard InChI is InChI=1S/C16H12ClF4NO2/c17-12-6-7-13(18)10(8-12)9-22-14(23)15(24,16(19,20)21)11-4-2-1-3-5-11/h1-8,24H,9H2,(H,22,23)/t15-/m0/s1. The smallest absolute Gasteiger partial charge is 0.369 e. The monoisotopic (exact) mass is 361 g/mol. The fraction of sp³-hybridized carbons (Fsp3) is 0.188. The van der Waals surface area contributed by atoms with Crippen LogP contribution in [0, 0.1) is 5.82 Å². The quantitative estimate of drug-likeness (QED) is 0.818. The van der Waals surface area contributed by atoms with Gasteiger partial charge in [-0.05, 0) is 18.2 Å². The zero-order chi connectivity index (χ0) is 18.0. The predicted octanol–water partition coefficient (Wildman–Crippen LogP) is 3.55. The van der Waals surface area contributed by atoms with Crippen LogP contribution in [0.5, 0.6) is 0 Å². The molecule has 3 nitrogen and oxygen atoms in total. The van der Waals surface area contributed by atoms with E-state index in [1.807, 2.05) is 5.32 Å². The van der Waals surface area contributed by atoms with E-state index in [0.717, 1.165) is 18.2 Å². The zero-order valence-electron chi connectivity index (χ0n) is 12.1. The topological polar surface area (TPSA) is 49.3 Å². The fourth-order valence-electron chi connectivity index (χ4n) is 2.09. The van der Waals surface area contributed by atoms with E-state index in [2.05, 4.69) is 0 Å². The van der Waals surface area contributed by atoms with Gasteiger partial charge in [-0.2, -0.15) is 13.2 Å². The van der Waals surface area contributed by atoms with Crippen LogP contribution in [-0.4, -0.2) is 17.2 Å². The van der Waals surface area contributed by atoms with Gasteiger partial charge in [-0.25, -0.2) is 4.39 Å². The summed E-state index contributed by atoms with van der Waals surface area (Å²) in [6.07, 6.45) is -5.26. The molecule has 2 aromatic rings. The molecule has 0 saturated carbocycles. The van der Waals surface area contributed by atoms with Crippen LogP contribution in [0.3, 0.4) is 0 Å². The molecule has 8 heteroatoms. The van der Waals surface area contributed by atoms with Crippen LogP contribution in [0.25, 0.3) is 0 Å². The molecule has 0 aliphatic carbocycles. The molecule has 0 aliphatic rings. The number of nitrogens with one attached hydrogen (secondary N) is 1. The maximum absolute atomic E-state index is 13.6. The second-order valence-corrected chi connectivity index (χ2v) is 5.43. The molecule has 0 heterocycles. The Balaban J connectivity index is 2.28. The highest BCUT2D eigenvalue weighted by Gasteiger charge is 2.60. The number of halogens is 5. The molecule has 0 saturated heterocycles. The molecular formula is C16H12ClF4NO2. The number of alkyl halides is 3. The van der Waals surface area contributed by atoms with E-state index in [-0.39, 0.29) is 10.6 Å². The molecular weight excluding hydrogens is 350 g/mol. The minimum Gasteiger partial charge on any atom is -0.369 e. The van der Waals surface area contributed by atoms with Crippen LogP contribution in [0.1, 0.15) is 11.1 Å². The Morgan fingerprint density at radius 3 is 2.33 bits per heavy atom. The van der Waals surface area contributed by atoms with Gasteiger partial charge in [0.15, 0.2) is 0 Å². The molecule has 2 rings (SSSR count). The molecule has 0 fully saturated rings. The van der Waals surface area contributed by atoms with Crippen LogP contribution < -0.4 is 5.32 Å². The lowest BCUT2D eigenvalue weighted by Crippen LogP contribution is -2.54. The van der Waals surface area contributed by atoms with Crippen molar-refractivity contribution in [3.63, 3.8) is 0 Å². The van der Waals surface area contributed by atoms with Crippen molar-refractivity contribution in [3.8, 4) is 0 Å². The number of amides is 1. The normalized spacial score (nSPS) is 14.1. The van der Waals surface area contributed by atoms with Crippen molar-refractivity contribution in [2.24, 2.45) is 0 Å². The van der Waals surface area contributed by atoms with Gasteiger partial charge < -0.3 is 10.4 Å². The average Bonchev–Trinajstić information content (AvgIpc) is 2.54. The highest BCUT2D eigenvalue weighted by molar-refractivity contribution is 6.30. The lowest BCUT2D eigenvalue weighted by Gasteiger charge is -2.29. The van der Waals surface area contributed by atoms with Crippen molar-refractivity contribution in [3.05, 3.63) is 70.5 Å². The first-order valence-electron chi connectivity index (χ1n) is 6.73. The first kappa shape index (κ1) is 18.2. The summed E-state index contributed by atoms with van der Waals surface area (Å²) in [6, 6.07) is 9.38.